The fourth-order valence-corrected chi connectivity index (χ4v) is 3.37. The van der Waals surface area contributed by atoms with Crippen molar-refractivity contribution in [2.75, 3.05) is 49.8 Å². The highest BCUT2D eigenvalue weighted by molar-refractivity contribution is 7.90. The van der Waals surface area contributed by atoms with Gasteiger partial charge in [0.2, 0.25) is 0 Å². The number of hydrogen-bond donors (Lipinski definition) is 1. The van der Waals surface area contributed by atoms with Crippen LogP contribution in [0.2, 0.25) is 0 Å². The van der Waals surface area contributed by atoms with Gasteiger partial charge >= 0.3 is 0 Å². The molecule has 0 unspecified atom stereocenters. The van der Waals surface area contributed by atoms with Crippen LogP contribution in [-0.2, 0) is 28.2 Å². The third-order valence-corrected chi connectivity index (χ3v) is 4.90. The Labute approximate surface area is 138 Å². The minimum atomic E-state index is -2.94. The standard InChI is InChI=1S/C15H28N4O3S/c1-12(2)14-13(11-16-5-10-23(4,20)21)15(18(3)17-14)19-6-8-22-9-7-19/h12,16H,5-11H2,1-4H3. The van der Waals surface area contributed by atoms with E-state index in [1.807, 2.05) is 11.7 Å². The van der Waals surface area contributed by atoms with Crippen LogP contribution >= 0.6 is 0 Å². The molecular weight excluding hydrogens is 316 g/mol. The number of aryl methyl sites for hydroxylation is 1. The average molecular weight is 344 g/mol. The van der Waals surface area contributed by atoms with Gasteiger partial charge in [-0.05, 0) is 5.92 Å². The average Bonchev–Trinajstić information content (AvgIpc) is 2.80. The highest BCUT2D eigenvalue weighted by Gasteiger charge is 2.24. The first-order chi connectivity index (χ1) is 10.8. The van der Waals surface area contributed by atoms with E-state index in [1.165, 1.54) is 6.26 Å². The zero-order valence-electron chi connectivity index (χ0n) is 14.5. The summed E-state index contributed by atoms with van der Waals surface area (Å²) in [6.45, 7) is 8.50. The van der Waals surface area contributed by atoms with E-state index in [0.29, 0.717) is 19.0 Å². The van der Waals surface area contributed by atoms with Crippen LogP contribution in [0.5, 0.6) is 0 Å². The number of rotatable bonds is 7. The van der Waals surface area contributed by atoms with Gasteiger partial charge in [0.25, 0.3) is 0 Å². The molecule has 1 aliphatic rings. The summed E-state index contributed by atoms with van der Waals surface area (Å²) in [6.07, 6.45) is 1.26. The second-order valence-corrected chi connectivity index (χ2v) is 8.63. The summed E-state index contributed by atoms with van der Waals surface area (Å²) in [5.41, 5.74) is 2.23. The number of nitrogens with zero attached hydrogens (tertiary/aromatic N) is 3. The second kappa shape index (κ2) is 7.63. The minimum absolute atomic E-state index is 0.150. The zero-order chi connectivity index (χ0) is 17.0. The van der Waals surface area contributed by atoms with Crippen LogP contribution < -0.4 is 10.2 Å². The Morgan fingerprint density at radius 2 is 1.96 bits per heavy atom. The molecule has 7 nitrogen and oxygen atoms in total. The Kier molecular flexibility index (Phi) is 6.05. The van der Waals surface area contributed by atoms with Crippen LogP contribution in [0.4, 0.5) is 5.82 Å². The van der Waals surface area contributed by atoms with E-state index in [4.69, 9.17) is 4.74 Å². The molecule has 0 spiro atoms. The van der Waals surface area contributed by atoms with Crippen LogP contribution in [0.1, 0.15) is 31.0 Å². The van der Waals surface area contributed by atoms with Crippen molar-refractivity contribution in [1.29, 1.82) is 0 Å². The van der Waals surface area contributed by atoms with Crippen molar-refractivity contribution in [3.63, 3.8) is 0 Å². The molecule has 0 atom stereocenters. The van der Waals surface area contributed by atoms with Crippen molar-refractivity contribution >= 4 is 15.7 Å². The van der Waals surface area contributed by atoms with E-state index in [0.717, 1.165) is 43.4 Å². The molecule has 0 radical (unpaired) electrons. The third kappa shape index (κ3) is 4.92. The molecule has 1 aromatic heterocycles. The first-order valence-corrected chi connectivity index (χ1v) is 10.1. The topological polar surface area (TPSA) is 76.5 Å². The van der Waals surface area contributed by atoms with E-state index < -0.39 is 9.84 Å². The lowest BCUT2D eigenvalue weighted by atomic mass is 10.1. The van der Waals surface area contributed by atoms with Crippen molar-refractivity contribution in [1.82, 2.24) is 15.1 Å². The lowest BCUT2D eigenvalue weighted by molar-refractivity contribution is 0.122. The monoisotopic (exact) mass is 344 g/mol. The summed E-state index contributed by atoms with van der Waals surface area (Å²) in [4.78, 5) is 2.30. The number of hydrogen-bond acceptors (Lipinski definition) is 6. The first kappa shape index (κ1) is 18.2. The number of anilines is 1. The fourth-order valence-electron chi connectivity index (χ4n) is 2.85. The van der Waals surface area contributed by atoms with Crippen LogP contribution in [0, 0.1) is 0 Å². The predicted octanol–water partition coefficient (Wildman–Crippen LogP) is 0.514. The second-order valence-electron chi connectivity index (χ2n) is 6.37. The Morgan fingerprint density at radius 1 is 1.30 bits per heavy atom. The Hall–Kier alpha value is -1.12. The van der Waals surface area contributed by atoms with Gasteiger partial charge in [0.1, 0.15) is 15.7 Å². The summed E-state index contributed by atoms with van der Waals surface area (Å²) >= 11 is 0. The minimum Gasteiger partial charge on any atom is -0.378 e. The summed E-state index contributed by atoms with van der Waals surface area (Å²) < 4.78 is 29.9. The number of sulfone groups is 1. The van der Waals surface area contributed by atoms with Gasteiger partial charge in [-0.2, -0.15) is 5.10 Å². The Bertz CT molecular complexity index is 619. The van der Waals surface area contributed by atoms with E-state index >= 15 is 0 Å². The smallest absolute Gasteiger partial charge is 0.148 e. The molecule has 1 aromatic rings. The van der Waals surface area contributed by atoms with Gasteiger partial charge in [-0.3, -0.25) is 4.68 Å². The van der Waals surface area contributed by atoms with Gasteiger partial charge in [-0.25, -0.2) is 8.42 Å². The zero-order valence-corrected chi connectivity index (χ0v) is 15.3. The molecule has 23 heavy (non-hydrogen) atoms. The van der Waals surface area contributed by atoms with Crippen LogP contribution in [-0.4, -0.2) is 63.1 Å². The van der Waals surface area contributed by atoms with Crippen molar-refractivity contribution < 1.29 is 13.2 Å². The maximum Gasteiger partial charge on any atom is 0.148 e. The number of nitrogens with one attached hydrogen (secondary N) is 1. The molecule has 132 valence electrons. The molecule has 8 heteroatoms. The van der Waals surface area contributed by atoms with Gasteiger partial charge in [0, 0.05) is 45.0 Å². The van der Waals surface area contributed by atoms with Crippen LogP contribution in [0.25, 0.3) is 0 Å². The highest BCUT2D eigenvalue weighted by atomic mass is 32.2. The molecular formula is C15H28N4O3S. The summed E-state index contributed by atoms with van der Waals surface area (Å²) in [6, 6.07) is 0. The van der Waals surface area contributed by atoms with Crippen LogP contribution in [0.15, 0.2) is 0 Å². The Morgan fingerprint density at radius 3 is 2.52 bits per heavy atom. The summed E-state index contributed by atoms with van der Waals surface area (Å²) in [7, 11) is -0.972. The molecule has 0 saturated carbocycles. The van der Waals surface area contributed by atoms with Crippen molar-refractivity contribution in [3.8, 4) is 0 Å². The van der Waals surface area contributed by atoms with E-state index in [2.05, 4.69) is 29.2 Å². The summed E-state index contributed by atoms with van der Waals surface area (Å²) in [5.74, 6) is 1.59. The molecule has 0 aliphatic carbocycles. The molecule has 2 rings (SSSR count). The highest BCUT2D eigenvalue weighted by Crippen LogP contribution is 2.28. The normalized spacial score (nSPS) is 16.3. The van der Waals surface area contributed by atoms with Gasteiger partial charge in [0.15, 0.2) is 0 Å². The molecule has 1 aliphatic heterocycles. The van der Waals surface area contributed by atoms with Crippen LogP contribution in [0.3, 0.4) is 0 Å². The number of aromatic nitrogens is 2. The number of ether oxygens (including phenoxy) is 1. The number of morpholine rings is 1. The van der Waals surface area contributed by atoms with Gasteiger partial charge in [-0.15, -0.1) is 0 Å². The first-order valence-electron chi connectivity index (χ1n) is 8.06. The van der Waals surface area contributed by atoms with Gasteiger partial charge in [-0.1, -0.05) is 13.8 Å². The fraction of sp³-hybridized carbons (Fsp3) is 0.800. The van der Waals surface area contributed by atoms with Crippen molar-refractivity contribution in [3.05, 3.63) is 11.3 Å². The van der Waals surface area contributed by atoms with E-state index in [9.17, 15) is 8.42 Å². The predicted molar refractivity (Wildman–Crippen MR) is 91.7 cm³/mol. The molecule has 0 aromatic carbocycles. The quantitative estimate of drug-likeness (QED) is 0.727. The van der Waals surface area contributed by atoms with E-state index in [1.54, 1.807) is 0 Å². The van der Waals surface area contributed by atoms with Gasteiger partial charge in [0.05, 0.1) is 24.7 Å². The molecule has 1 fully saturated rings. The maximum absolute atomic E-state index is 11.3. The van der Waals surface area contributed by atoms with Crippen molar-refractivity contribution in [2.45, 2.75) is 26.3 Å². The molecule has 0 amide bonds. The lowest BCUT2D eigenvalue weighted by Crippen LogP contribution is -2.38. The largest absolute Gasteiger partial charge is 0.378 e. The molecule has 1 saturated heterocycles. The lowest BCUT2D eigenvalue weighted by Gasteiger charge is -2.29. The van der Waals surface area contributed by atoms with Crippen molar-refractivity contribution in [2.24, 2.45) is 7.05 Å². The SMILES string of the molecule is CC(C)c1nn(C)c(N2CCOCC2)c1CNCCS(C)(=O)=O. The molecule has 0 bridgehead atoms. The Balaban J connectivity index is 2.16. The third-order valence-electron chi connectivity index (χ3n) is 3.95. The molecule has 2 heterocycles. The molecule has 1 N–H and O–H groups in total. The summed E-state index contributed by atoms with van der Waals surface area (Å²) in [5, 5.41) is 7.94. The van der Waals surface area contributed by atoms with E-state index in [-0.39, 0.29) is 5.75 Å². The van der Waals surface area contributed by atoms with Gasteiger partial charge < -0.3 is 15.0 Å². The maximum atomic E-state index is 11.3.